The van der Waals surface area contributed by atoms with Crippen LogP contribution in [-0.2, 0) is 9.47 Å². The smallest absolute Gasteiger partial charge is 0.0711 e. The maximum Gasteiger partial charge on any atom is 0.0711 e. The second-order valence-corrected chi connectivity index (χ2v) is 11.3. The molecule has 2 aromatic rings. The van der Waals surface area contributed by atoms with Gasteiger partial charge in [0.05, 0.1) is 11.2 Å². The van der Waals surface area contributed by atoms with E-state index in [9.17, 15) is 0 Å². The van der Waals surface area contributed by atoms with Crippen LogP contribution in [0.5, 0.6) is 0 Å². The van der Waals surface area contributed by atoms with E-state index >= 15 is 0 Å². The molecule has 4 bridgehead atoms. The summed E-state index contributed by atoms with van der Waals surface area (Å²) in [6.07, 6.45) is 10.2. The molecule has 204 valence electrons. The van der Waals surface area contributed by atoms with Gasteiger partial charge in [-0.15, -0.1) is 0 Å². The first-order valence-corrected chi connectivity index (χ1v) is 14.3. The highest BCUT2D eigenvalue weighted by Gasteiger charge is 2.58. The SMILES string of the molecule is CCC.CCC.COC12CC3CC(C1)CC(OC)(C3)C2.Cc1ccccc1C.Cc1ccccc1C. The topological polar surface area (TPSA) is 18.5 Å². The molecule has 36 heavy (non-hydrogen) atoms. The number of hydrogen-bond donors (Lipinski definition) is 0. The molecule has 0 aromatic heterocycles. The van der Waals surface area contributed by atoms with Crippen molar-refractivity contribution in [3.63, 3.8) is 0 Å². The lowest BCUT2D eigenvalue weighted by molar-refractivity contribution is -0.220. The highest BCUT2D eigenvalue weighted by molar-refractivity contribution is 5.24. The first-order valence-electron chi connectivity index (χ1n) is 14.3. The largest absolute Gasteiger partial charge is 0.378 e. The number of hydrogen-bond acceptors (Lipinski definition) is 2. The van der Waals surface area contributed by atoms with Crippen molar-refractivity contribution in [2.45, 2.75) is 118 Å². The zero-order valence-corrected chi connectivity index (χ0v) is 25.2. The van der Waals surface area contributed by atoms with Crippen LogP contribution in [0.1, 0.15) is 101 Å². The molecule has 4 aliphatic rings. The van der Waals surface area contributed by atoms with E-state index in [1.54, 1.807) is 0 Å². The molecule has 0 radical (unpaired) electrons. The summed E-state index contributed by atoms with van der Waals surface area (Å²) in [6, 6.07) is 16.7. The number of ether oxygens (including phenoxy) is 2. The average molecular weight is 497 g/mol. The Hall–Kier alpha value is -1.64. The van der Waals surface area contributed by atoms with Gasteiger partial charge in [-0.3, -0.25) is 0 Å². The first-order chi connectivity index (χ1) is 17.1. The van der Waals surface area contributed by atoms with Crippen LogP contribution >= 0.6 is 0 Å². The van der Waals surface area contributed by atoms with Crippen LogP contribution in [0.2, 0.25) is 0 Å². The Labute approximate surface area is 224 Å². The van der Waals surface area contributed by atoms with Gasteiger partial charge >= 0.3 is 0 Å². The summed E-state index contributed by atoms with van der Waals surface area (Å²) in [5.74, 6) is 1.74. The maximum absolute atomic E-state index is 5.80. The predicted molar refractivity (Wildman–Crippen MR) is 158 cm³/mol. The molecule has 4 aliphatic carbocycles. The summed E-state index contributed by atoms with van der Waals surface area (Å²) in [7, 11) is 3.77. The molecular weight excluding hydrogens is 440 g/mol. The second-order valence-electron chi connectivity index (χ2n) is 11.3. The minimum absolute atomic E-state index is 0.181. The van der Waals surface area contributed by atoms with Gasteiger partial charge in [0.15, 0.2) is 0 Å². The molecule has 0 aliphatic heterocycles. The number of rotatable bonds is 2. The number of methoxy groups -OCH3 is 2. The van der Waals surface area contributed by atoms with Gasteiger partial charge in [0.2, 0.25) is 0 Å². The van der Waals surface area contributed by atoms with Crippen LogP contribution in [0.25, 0.3) is 0 Å². The molecule has 4 saturated carbocycles. The van der Waals surface area contributed by atoms with Crippen LogP contribution < -0.4 is 0 Å². The fraction of sp³-hybridized carbons (Fsp3) is 0.647. The number of aryl methyl sites for hydroxylation is 4. The minimum Gasteiger partial charge on any atom is -0.378 e. The molecule has 6 rings (SSSR count). The monoisotopic (exact) mass is 496 g/mol. The van der Waals surface area contributed by atoms with E-state index in [0.29, 0.717) is 0 Å². The summed E-state index contributed by atoms with van der Waals surface area (Å²) in [5.41, 5.74) is 5.83. The van der Waals surface area contributed by atoms with Crippen LogP contribution in [0.15, 0.2) is 48.5 Å². The van der Waals surface area contributed by atoms with Gasteiger partial charge in [-0.05, 0) is 93.9 Å². The van der Waals surface area contributed by atoms with Crippen molar-refractivity contribution in [1.29, 1.82) is 0 Å². The molecule has 0 N–H and O–H groups in total. The highest BCUT2D eigenvalue weighted by Crippen LogP contribution is 2.59. The van der Waals surface area contributed by atoms with Crippen molar-refractivity contribution in [1.82, 2.24) is 0 Å². The third-order valence-electron chi connectivity index (χ3n) is 7.67. The first kappa shape index (κ1) is 32.4. The quantitative estimate of drug-likeness (QED) is 0.412. The Morgan fingerprint density at radius 1 is 0.583 bits per heavy atom. The van der Waals surface area contributed by atoms with E-state index in [-0.39, 0.29) is 11.2 Å². The standard InChI is InChI=1S/C12H20O2.2C8H10.2C3H8/c1-13-11-4-9-3-10(5-11)7-12(6-9,8-11)14-2;2*1-7-5-3-4-6-8(7)2;2*1-3-2/h9-10H,3-8H2,1-2H3;2*3-6H,1-2H3;2*3H2,1-2H3. The van der Waals surface area contributed by atoms with E-state index in [4.69, 9.17) is 9.47 Å². The van der Waals surface area contributed by atoms with Crippen molar-refractivity contribution >= 4 is 0 Å². The lowest BCUT2D eigenvalue weighted by atomic mass is 9.52. The zero-order valence-electron chi connectivity index (χ0n) is 25.2. The molecule has 0 spiro atoms. The fourth-order valence-corrected chi connectivity index (χ4v) is 5.90. The molecule has 4 fully saturated rings. The van der Waals surface area contributed by atoms with E-state index in [0.717, 1.165) is 18.3 Å². The third kappa shape index (κ3) is 10.0. The normalized spacial score (nSPS) is 26.6. The van der Waals surface area contributed by atoms with E-state index in [2.05, 4.69) is 104 Å². The minimum atomic E-state index is 0.181. The number of benzene rings is 2. The summed E-state index contributed by atoms with van der Waals surface area (Å²) < 4.78 is 11.6. The Morgan fingerprint density at radius 3 is 1.03 bits per heavy atom. The molecule has 0 atom stereocenters. The van der Waals surface area contributed by atoms with Crippen LogP contribution in [0.3, 0.4) is 0 Å². The zero-order chi connectivity index (χ0) is 27.2. The van der Waals surface area contributed by atoms with Gasteiger partial charge in [0.1, 0.15) is 0 Å². The average Bonchev–Trinajstić information content (AvgIpc) is 2.84. The Morgan fingerprint density at radius 2 is 0.833 bits per heavy atom. The van der Waals surface area contributed by atoms with E-state index < -0.39 is 0 Å². The molecule has 0 heterocycles. The Bertz CT molecular complexity index is 732. The van der Waals surface area contributed by atoms with Crippen molar-refractivity contribution < 1.29 is 9.47 Å². The van der Waals surface area contributed by atoms with Crippen molar-refractivity contribution in [3.05, 3.63) is 70.8 Å². The summed E-state index contributed by atoms with van der Waals surface area (Å²) in [5, 5.41) is 0. The highest BCUT2D eigenvalue weighted by atomic mass is 16.5. The lowest BCUT2D eigenvalue weighted by Crippen LogP contribution is -2.60. The van der Waals surface area contributed by atoms with Crippen molar-refractivity contribution in [2.24, 2.45) is 11.8 Å². The van der Waals surface area contributed by atoms with E-state index in [1.165, 1.54) is 67.2 Å². The molecular formula is C34H56O2. The maximum atomic E-state index is 5.80. The van der Waals surface area contributed by atoms with Gasteiger partial charge in [-0.1, -0.05) is 89.1 Å². The molecule has 2 aromatic carbocycles. The predicted octanol–water partition coefficient (Wildman–Crippen LogP) is 9.81. The van der Waals surface area contributed by atoms with Crippen LogP contribution in [0.4, 0.5) is 0 Å². The van der Waals surface area contributed by atoms with Gasteiger partial charge in [0.25, 0.3) is 0 Å². The van der Waals surface area contributed by atoms with E-state index in [1.807, 2.05) is 14.2 Å². The van der Waals surface area contributed by atoms with Crippen LogP contribution in [-0.4, -0.2) is 25.4 Å². The van der Waals surface area contributed by atoms with Gasteiger partial charge < -0.3 is 9.47 Å². The van der Waals surface area contributed by atoms with Gasteiger partial charge in [-0.2, -0.15) is 0 Å². The fourth-order valence-electron chi connectivity index (χ4n) is 5.90. The lowest BCUT2D eigenvalue weighted by Gasteiger charge is -2.60. The molecule has 2 heteroatoms. The molecule has 0 unspecified atom stereocenters. The molecule has 0 saturated heterocycles. The van der Waals surface area contributed by atoms with Crippen molar-refractivity contribution in [2.75, 3.05) is 14.2 Å². The summed E-state index contributed by atoms with van der Waals surface area (Å²) >= 11 is 0. The van der Waals surface area contributed by atoms with Crippen molar-refractivity contribution in [3.8, 4) is 0 Å². The second kappa shape index (κ2) is 16.3. The summed E-state index contributed by atoms with van der Waals surface area (Å²) in [4.78, 5) is 0. The summed E-state index contributed by atoms with van der Waals surface area (Å²) in [6.45, 7) is 17.0. The third-order valence-corrected chi connectivity index (χ3v) is 7.67. The Balaban J connectivity index is 0.000000256. The molecule has 0 amide bonds. The van der Waals surface area contributed by atoms with Gasteiger partial charge in [-0.25, -0.2) is 0 Å². The Kier molecular flexibility index (Phi) is 14.6. The van der Waals surface area contributed by atoms with Gasteiger partial charge in [0, 0.05) is 20.6 Å². The molecule has 2 nitrogen and oxygen atoms in total. The van der Waals surface area contributed by atoms with Crippen LogP contribution in [0, 0.1) is 39.5 Å².